The zero-order valence-electron chi connectivity index (χ0n) is 12.3. The van der Waals surface area contributed by atoms with Crippen LogP contribution in [0.5, 0.6) is 0 Å². The molecule has 0 aliphatic carbocycles. The molecule has 0 saturated carbocycles. The Morgan fingerprint density at radius 1 is 0.545 bits per heavy atom. The summed E-state index contributed by atoms with van der Waals surface area (Å²) >= 11 is 0. The van der Waals surface area contributed by atoms with Gasteiger partial charge in [0.2, 0.25) is 0 Å². The standard InChI is InChI=1S/C21H17N/c1-17(18-11-5-2-6-12-18)22-21(19-13-7-3-8-14-19)20-15-9-4-10-16-20/h2-16H,1H2. The van der Waals surface area contributed by atoms with Gasteiger partial charge in [0.05, 0.1) is 11.4 Å². The second-order valence-corrected chi connectivity index (χ2v) is 5.01. The molecule has 1 heteroatoms. The molecule has 0 fully saturated rings. The van der Waals surface area contributed by atoms with Crippen LogP contribution in [-0.2, 0) is 0 Å². The van der Waals surface area contributed by atoms with Gasteiger partial charge in [0.15, 0.2) is 0 Å². The average Bonchev–Trinajstić information content (AvgIpc) is 2.62. The topological polar surface area (TPSA) is 12.4 Å². The van der Waals surface area contributed by atoms with Crippen molar-refractivity contribution in [3.05, 3.63) is 114 Å². The van der Waals surface area contributed by atoms with Gasteiger partial charge >= 0.3 is 0 Å². The van der Waals surface area contributed by atoms with Crippen LogP contribution in [0.25, 0.3) is 5.70 Å². The Balaban J connectivity index is 2.06. The molecule has 0 radical (unpaired) electrons. The SMILES string of the molecule is C=C(N=C(c1ccccc1)c1ccccc1)c1ccccc1. The minimum absolute atomic E-state index is 0.767. The summed E-state index contributed by atoms with van der Waals surface area (Å²) in [5.41, 5.74) is 4.92. The minimum Gasteiger partial charge on any atom is -0.248 e. The molecule has 0 aliphatic heterocycles. The minimum atomic E-state index is 0.767. The Morgan fingerprint density at radius 2 is 0.909 bits per heavy atom. The maximum Gasteiger partial charge on any atom is 0.0781 e. The highest BCUT2D eigenvalue weighted by atomic mass is 14.8. The molecule has 3 aromatic carbocycles. The van der Waals surface area contributed by atoms with Gasteiger partial charge in [-0.2, -0.15) is 0 Å². The van der Waals surface area contributed by atoms with Crippen molar-refractivity contribution >= 4 is 11.4 Å². The summed E-state index contributed by atoms with van der Waals surface area (Å²) in [6, 6.07) is 30.5. The van der Waals surface area contributed by atoms with Crippen LogP contribution < -0.4 is 0 Å². The Hall–Kier alpha value is -2.93. The van der Waals surface area contributed by atoms with Crippen molar-refractivity contribution in [3.8, 4) is 0 Å². The fourth-order valence-electron chi connectivity index (χ4n) is 2.32. The van der Waals surface area contributed by atoms with Gasteiger partial charge in [-0.15, -0.1) is 0 Å². The molecule has 0 atom stereocenters. The van der Waals surface area contributed by atoms with Gasteiger partial charge in [-0.05, 0) is 5.56 Å². The third-order valence-corrected chi connectivity index (χ3v) is 3.45. The van der Waals surface area contributed by atoms with E-state index in [1.807, 2.05) is 66.7 Å². The number of hydrogen-bond donors (Lipinski definition) is 0. The van der Waals surface area contributed by atoms with E-state index in [-0.39, 0.29) is 0 Å². The van der Waals surface area contributed by atoms with Gasteiger partial charge in [0, 0.05) is 11.1 Å². The van der Waals surface area contributed by atoms with E-state index in [0.29, 0.717) is 0 Å². The molecule has 22 heavy (non-hydrogen) atoms. The lowest BCUT2D eigenvalue weighted by molar-refractivity contribution is 1.48. The lowest BCUT2D eigenvalue weighted by Gasteiger charge is -2.09. The molecule has 3 rings (SSSR count). The Morgan fingerprint density at radius 3 is 1.32 bits per heavy atom. The summed E-state index contributed by atoms with van der Waals surface area (Å²) in [5, 5.41) is 0. The van der Waals surface area contributed by atoms with E-state index in [0.717, 1.165) is 28.1 Å². The zero-order chi connectivity index (χ0) is 15.2. The summed E-state index contributed by atoms with van der Waals surface area (Å²) in [6.45, 7) is 4.13. The predicted octanol–water partition coefficient (Wildman–Crippen LogP) is 5.19. The largest absolute Gasteiger partial charge is 0.248 e. The van der Waals surface area contributed by atoms with Crippen LogP contribution in [0.4, 0.5) is 0 Å². The number of benzene rings is 3. The number of nitrogens with zero attached hydrogens (tertiary/aromatic N) is 1. The molecule has 0 saturated heterocycles. The summed E-state index contributed by atoms with van der Waals surface area (Å²) in [5.74, 6) is 0. The summed E-state index contributed by atoms with van der Waals surface area (Å²) in [7, 11) is 0. The van der Waals surface area contributed by atoms with Crippen molar-refractivity contribution in [2.24, 2.45) is 4.99 Å². The molecular formula is C21H17N. The zero-order valence-corrected chi connectivity index (χ0v) is 12.3. The van der Waals surface area contributed by atoms with Gasteiger partial charge in [0.25, 0.3) is 0 Å². The molecule has 0 aromatic heterocycles. The third-order valence-electron chi connectivity index (χ3n) is 3.45. The van der Waals surface area contributed by atoms with E-state index in [9.17, 15) is 0 Å². The van der Waals surface area contributed by atoms with E-state index in [1.54, 1.807) is 0 Å². The average molecular weight is 283 g/mol. The fourth-order valence-corrected chi connectivity index (χ4v) is 2.32. The predicted molar refractivity (Wildman–Crippen MR) is 94.0 cm³/mol. The summed E-state index contributed by atoms with van der Waals surface area (Å²) in [4.78, 5) is 4.81. The highest BCUT2D eigenvalue weighted by molar-refractivity contribution is 6.14. The molecule has 106 valence electrons. The van der Waals surface area contributed by atoms with Gasteiger partial charge < -0.3 is 0 Å². The maximum atomic E-state index is 4.81. The van der Waals surface area contributed by atoms with Crippen LogP contribution >= 0.6 is 0 Å². The lowest BCUT2D eigenvalue weighted by atomic mass is 10.0. The normalized spacial score (nSPS) is 10.0. The van der Waals surface area contributed by atoms with Crippen LogP contribution in [0.1, 0.15) is 16.7 Å². The van der Waals surface area contributed by atoms with Crippen LogP contribution in [0.3, 0.4) is 0 Å². The van der Waals surface area contributed by atoms with E-state index >= 15 is 0 Å². The Bertz CT molecular complexity index is 730. The molecule has 0 N–H and O–H groups in total. The van der Waals surface area contributed by atoms with Gasteiger partial charge in [-0.3, -0.25) is 0 Å². The van der Waals surface area contributed by atoms with Crippen molar-refractivity contribution in [1.29, 1.82) is 0 Å². The lowest BCUT2D eigenvalue weighted by Crippen LogP contribution is -2.03. The highest BCUT2D eigenvalue weighted by Gasteiger charge is 2.07. The van der Waals surface area contributed by atoms with Crippen LogP contribution in [0.15, 0.2) is 103 Å². The van der Waals surface area contributed by atoms with Crippen molar-refractivity contribution in [2.45, 2.75) is 0 Å². The van der Waals surface area contributed by atoms with Gasteiger partial charge in [-0.1, -0.05) is 97.6 Å². The highest BCUT2D eigenvalue weighted by Crippen LogP contribution is 2.18. The van der Waals surface area contributed by atoms with Crippen LogP contribution in [0.2, 0.25) is 0 Å². The molecule has 0 heterocycles. The monoisotopic (exact) mass is 283 g/mol. The Labute approximate surface area is 131 Å². The molecule has 0 aliphatic rings. The molecule has 0 amide bonds. The van der Waals surface area contributed by atoms with Crippen LogP contribution in [0, 0.1) is 0 Å². The van der Waals surface area contributed by atoms with Crippen molar-refractivity contribution in [2.75, 3.05) is 0 Å². The van der Waals surface area contributed by atoms with Crippen molar-refractivity contribution in [1.82, 2.24) is 0 Å². The van der Waals surface area contributed by atoms with Crippen molar-refractivity contribution < 1.29 is 0 Å². The molecular weight excluding hydrogens is 266 g/mol. The first-order valence-electron chi connectivity index (χ1n) is 7.28. The quantitative estimate of drug-likeness (QED) is 0.584. The number of aliphatic imine (C=N–C) groups is 1. The first-order chi connectivity index (χ1) is 10.8. The smallest absolute Gasteiger partial charge is 0.0781 e. The van der Waals surface area contributed by atoms with E-state index in [1.165, 1.54) is 0 Å². The van der Waals surface area contributed by atoms with E-state index in [2.05, 4.69) is 30.8 Å². The fraction of sp³-hybridized carbons (Fsp3) is 0. The molecule has 3 aromatic rings. The molecule has 0 spiro atoms. The van der Waals surface area contributed by atoms with E-state index < -0.39 is 0 Å². The first-order valence-corrected chi connectivity index (χ1v) is 7.28. The first kappa shape index (κ1) is 14.0. The van der Waals surface area contributed by atoms with Gasteiger partial charge in [0.1, 0.15) is 0 Å². The van der Waals surface area contributed by atoms with Gasteiger partial charge in [-0.25, -0.2) is 4.99 Å². The second kappa shape index (κ2) is 6.68. The molecule has 0 bridgehead atoms. The maximum absolute atomic E-state index is 4.81. The second-order valence-electron chi connectivity index (χ2n) is 5.01. The van der Waals surface area contributed by atoms with Crippen molar-refractivity contribution in [3.63, 3.8) is 0 Å². The third kappa shape index (κ3) is 3.21. The summed E-state index contributed by atoms with van der Waals surface area (Å²) < 4.78 is 0. The number of hydrogen-bond acceptors (Lipinski definition) is 1. The van der Waals surface area contributed by atoms with E-state index in [4.69, 9.17) is 4.99 Å². The molecule has 1 nitrogen and oxygen atoms in total. The number of rotatable bonds is 4. The Kier molecular flexibility index (Phi) is 4.26. The molecule has 0 unspecified atom stereocenters. The van der Waals surface area contributed by atoms with Crippen LogP contribution in [-0.4, -0.2) is 5.71 Å². The summed E-state index contributed by atoms with van der Waals surface area (Å²) in [6.07, 6.45) is 0.